The Labute approximate surface area is 161 Å². The van der Waals surface area contributed by atoms with E-state index in [4.69, 9.17) is 12.2 Å². The first-order chi connectivity index (χ1) is 12.7. The fourth-order valence-electron chi connectivity index (χ4n) is 2.11. The van der Waals surface area contributed by atoms with Crippen molar-refractivity contribution in [3.63, 3.8) is 0 Å². The lowest BCUT2D eigenvalue weighted by Gasteiger charge is -2.15. The topological polar surface area (TPSA) is 66.5 Å². The number of benzene rings is 2. The molecule has 0 atom stereocenters. The molecule has 1 aliphatic heterocycles. The lowest BCUT2D eigenvalue weighted by atomic mass is 10.2. The summed E-state index contributed by atoms with van der Waals surface area (Å²) in [6, 6.07) is 8.22. The summed E-state index contributed by atoms with van der Waals surface area (Å²) >= 11 is 5.67. The van der Waals surface area contributed by atoms with Gasteiger partial charge in [-0.05, 0) is 24.3 Å². The first-order valence-corrected chi connectivity index (χ1v) is 9.90. The van der Waals surface area contributed by atoms with Gasteiger partial charge < -0.3 is 0 Å². The van der Waals surface area contributed by atoms with Gasteiger partial charge in [0.05, 0.1) is 9.80 Å². The number of carbonyl (C=O) groups is 1. The lowest BCUT2D eigenvalue weighted by molar-refractivity contribution is -0.123. The lowest BCUT2D eigenvalue weighted by Crippen LogP contribution is -2.44. The fourth-order valence-corrected chi connectivity index (χ4v) is 4.43. The third-order valence-electron chi connectivity index (χ3n) is 3.38. The second kappa shape index (κ2) is 7.43. The predicted molar refractivity (Wildman–Crippen MR) is 98.1 cm³/mol. The Morgan fingerprint density at radius 1 is 1.04 bits per heavy atom. The van der Waals surface area contributed by atoms with E-state index in [1.807, 2.05) is 4.83 Å². The molecule has 2 aromatic carbocycles. The summed E-state index contributed by atoms with van der Waals surface area (Å²) in [7, 11) is -4.08. The van der Waals surface area contributed by atoms with Crippen LogP contribution >= 0.6 is 24.0 Å². The predicted octanol–water partition coefficient (Wildman–Crippen LogP) is 3.20. The average molecular weight is 430 g/mol. The number of nitrogens with one attached hydrogen (secondary N) is 1. The Kier molecular flexibility index (Phi) is 5.38. The van der Waals surface area contributed by atoms with Gasteiger partial charge in [-0.3, -0.25) is 4.79 Å². The van der Waals surface area contributed by atoms with E-state index < -0.39 is 33.4 Å². The number of thiocarbonyl (C=S) groups is 1. The molecule has 0 unspecified atom stereocenters. The zero-order valence-corrected chi connectivity index (χ0v) is 15.6. The van der Waals surface area contributed by atoms with E-state index in [0.29, 0.717) is 28.9 Å². The maximum atomic E-state index is 13.8. The fraction of sp³-hybridized carbons (Fsp3) is 0. The first-order valence-electron chi connectivity index (χ1n) is 7.19. The van der Waals surface area contributed by atoms with E-state index in [9.17, 15) is 26.4 Å². The first kappa shape index (κ1) is 19.5. The minimum absolute atomic E-state index is 0.0883. The van der Waals surface area contributed by atoms with Gasteiger partial charge >= 0.3 is 0 Å². The van der Waals surface area contributed by atoms with Crippen LogP contribution in [0.15, 0.2) is 52.3 Å². The molecule has 1 aliphatic rings. The molecule has 1 heterocycles. The van der Waals surface area contributed by atoms with Crippen molar-refractivity contribution in [1.82, 2.24) is 9.84 Å². The number of halogens is 3. The molecule has 5 nitrogen and oxygen atoms in total. The summed E-state index contributed by atoms with van der Waals surface area (Å²) in [5.41, 5.74) is -0.375. The third-order valence-corrected chi connectivity index (χ3v) is 6.00. The maximum absolute atomic E-state index is 13.8. The van der Waals surface area contributed by atoms with Crippen LogP contribution in [-0.4, -0.2) is 23.7 Å². The number of hydrogen-bond acceptors (Lipinski definition) is 5. The van der Waals surface area contributed by atoms with Crippen molar-refractivity contribution in [3.8, 4) is 0 Å². The number of sulfonamides is 1. The van der Waals surface area contributed by atoms with Crippen molar-refractivity contribution >= 4 is 50.3 Å². The van der Waals surface area contributed by atoms with E-state index in [0.717, 1.165) is 6.08 Å². The Hall–Kier alpha value is -2.21. The molecule has 11 heteroatoms. The minimum Gasteiger partial charge on any atom is -0.267 e. The number of carbonyl (C=O) groups excluding carboxylic acids is 1. The molecule has 140 valence electrons. The zero-order chi connectivity index (χ0) is 19.8. The van der Waals surface area contributed by atoms with Crippen molar-refractivity contribution in [2.24, 2.45) is 0 Å². The molecule has 0 saturated carbocycles. The second-order valence-electron chi connectivity index (χ2n) is 5.21. The normalized spacial score (nSPS) is 16.4. The van der Waals surface area contributed by atoms with E-state index in [1.165, 1.54) is 24.3 Å². The zero-order valence-electron chi connectivity index (χ0n) is 13.1. The number of hydrogen-bond donors (Lipinski definition) is 1. The Bertz CT molecular complexity index is 1070. The number of rotatable bonds is 4. The van der Waals surface area contributed by atoms with Crippen molar-refractivity contribution in [2.75, 3.05) is 0 Å². The van der Waals surface area contributed by atoms with Crippen LogP contribution in [0.3, 0.4) is 0 Å². The van der Waals surface area contributed by atoms with Gasteiger partial charge in [-0.25, -0.2) is 26.6 Å². The number of nitrogens with zero attached hydrogens (tertiary/aromatic N) is 1. The molecule has 2 aromatic rings. The maximum Gasteiger partial charge on any atom is 0.281 e. The molecule has 27 heavy (non-hydrogen) atoms. The molecule has 0 bridgehead atoms. The molecule has 0 aliphatic carbocycles. The van der Waals surface area contributed by atoms with Crippen molar-refractivity contribution in [1.29, 1.82) is 0 Å². The van der Waals surface area contributed by atoms with Crippen molar-refractivity contribution in [3.05, 3.63) is 70.4 Å². The number of hydrazine groups is 1. The van der Waals surface area contributed by atoms with E-state index in [2.05, 4.69) is 0 Å². The van der Waals surface area contributed by atoms with Crippen molar-refractivity contribution < 1.29 is 26.4 Å². The van der Waals surface area contributed by atoms with Crippen LogP contribution in [0, 0.1) is 17.5 Å². The van der Waals surface area contributed by atoms with Gasteiger partial charge in [0.15, 0.2) is 16.0 Å². The van der Waals surface area contributed by atoms with Crippen LogP contribution in [-0.2, 0) is 14.8 Å². The van der Waals surface area contributed by atoms with Gasteiger partial charge in [0.1, 0.15) is 5.82 Å². The van der Waals surface area contributed by atoms with Gasteiger partial charge in [-0.15, -0.1) is 4.83 Å². The largest absolute Gasteiger partial charge is 0.281 e. The van der Waals surface area contributed by atoms with Gasteiger partial charge in [0.25, 0.3) is 15.9 Å². The summed E-state index contributed by atoms with van der Waals surface area (Å²) in [4.78, 5) is 14.2. The SMILES string of the molecule is O=C1/C(=C/c2cc(F)c(F)cc2F)SC(=S)N1NS(=O)(=O)c1ccccc1. The van der Waals surface area contributed by atoms with Crippen LogP contribution in [0.5, 0.6) is 0 Å². The standard InChI is InChI=1S/C16H9F3N2O3S3/c17-11-8-13(19)12(18)6-9(11)7-14-15(22)21(16(25)26-14)20-27(23,24)10-4-2-1-3-5-10/h1-8,20H/b14-7-. The molecule has 0 spiro atoms. The Balaban J connectivity index is 1.89. The van der Waals surface area contributed by atoms with E-state index >= 15 is 0 Å². The van der Waals surface area contributed by atoms with Crippen LogP contribution in [0.4, 0.5) is 13.2 Å². The van der Waals surface area contributed by atoms with Crippen LogP contribution in [0.1, 0.15) is 5.56 Å². The van der Waals surface area contributed by atoms with Crippen LogP contribution in [0.25, 0.3) is 6.08 Å². The van der Waals surface area contributed by atoms with Gasteiger partial charge in [0, 0.05) is 11.6 Å². The molecule has 0 radical (unpaired) electrons. The quantitative estimate of drug-likeness (QED) is 0.459. The second-order valence-corrected chi connectivity index (χ2v) is 8.55. The monoisotopic (exact) mass is 430 g/mol. The molecule has 1 saturated heterocycles. The highest BCUT2D eigenvalue weighted by Crippen LogP contribution is 2.32. The average Bonchev–Trinajstić information content (AvgIpc) is 2.87. The van der Waals surface area contributed by atoms with Crippen LogP contribution < -0.4 is 4.83 Å². The van der Waals surface area contributed by atoms with Gasteiger partial charge in [-0.2, -0.15) is 0 Å². The van der Waals surface area contributed by atoms with Crippen LogP contribution in [0.2, 0.25) is 0 Å². The van der Waals surface area contributed by atoms with Gasteiger partial charge in [-0.1, -0.05) is 42.2 Å². The third kappa shape index (κ3) is 4.05. The molecular weight excluding hydrogens is 421 g/mol. The van der Waals surface area contributed by atoms with Crippen molar-refractivity contribution in [2.45, 2.75) is 4.90 Å². The molecular formula is C16H9F3N2O3S3. The summed E-state index contributed by atoms with van der Waals surface area (Å²) in [6.45, 7) is 0. The number of amides is 1. The minimum atomic E-state index is -4.08. The molecule has 1 N–H and O–H groups in total. The summed E-state index contributed by atoms with van der Waals surface area (Å²) in [5.74, 6) is -4.60. The number of thioether (sulfide) groups is 1. The Morgan fingerprint density at radius 3 is 2.33 bits per heavy atom. The highest BCUT2D eigenvalue weighted by molar-refractivity contribution is 8.26. The highest BCUT2D eigenvalue weighted by atomic mass is 32.2. The highest BCUT2D eigenvalue weighted by Gasteiger charge is 2.35. The summed E-state index contributed by atoms with van der Waals surface area (Å²) < 4.78 is 64.6. The summed E-state index contributed by atoms with van der Waals surface area (Å²) in [5, 5.41) is 0.617. The molecule has 0 aromatic heterocycles. The smallest absolute Gasteiger partial charge is 0.267 e. The Morgan fingerprint density at radius 2 is 1.67 bits per heavy atom. The van der Waals surface area contributed by atoms with E-state index in [1.54, 1.807) is 6.07 Å². The van der Waals surface area contributed by atoms with E-state index in [-0.39, 0.29) is 19.7 Å². The van der Waals surface area contributed by atoms with Gasteiger partial charge in [0.2, 0.25) is 0 Å². The molecule has 1 fully saturated rings. The molecule has 1 amide bonds. The summed E-state index contributed by atoms with van der Waals surface area (Å²) in [6.07, 6.45) is 0.966. The molecule has 3 rings (SSSR count).